The third kappa shape index (κ3) is 2.44. The maximum absolute atomic E-state index is 12.0. The molecule has 1 unspecified atom stereocenters. The lowest BCUT2D eigenvalue weighted by Gasteiger charge is -2.32. The van der Waals surface area contributed by atoms with E-state index in [1.807, 2.05) is 44.4 Å². The maximum atomic E-state index is 12.0. The molecule has 0 spiro atoms. The molecule has 1 aromatic rings. The molecule has 1 aromatic carbocycles. The molecule has 0 radical (unpaired) electrons. The van der Waals surface area contributed by atoms with Gasteiger partial charge in [0, 0.05) is 0 Å². The van der Waals surface area contributed by atoms with Gasteiger partial charge in [0.05, 0.1) is 6.61 Å². The van der Waals surface area contributed by atoms with E-state index >= 15 is 0 Å². The van der Waals surface area contributed by atoms with Crippen LogP contribution in [-0.2, 0) is 14.0 Å². The fourth-order valence-electron chi connectivity index (χ4n) is 1.44. The predicted octanol–water partition coefficient (Wildman–Crippen LogP) is 2.36. The first-order valence-electron chi connectivity index (χ1n) is 5.12. The van der Waals surface area contributed by atoms with Crippen LogP contribution in [0.4, 0.5) is 0 Å². The van der Waals surface area contributed by atoms with Crippen LogP contribution < -0.4 is 0 Å². The summed E-state index contributed by atoms with van der Waals surface area (Å²) in [7, 11) is 3.66. The molecule has 0 aliphatic carbocycles. The molecule has 3 nitrogen and oxygen atoms in total. The van der Waals surface area contributed by atoms with Crippen LogP contribution >= 0.6 is 15.9 Å². The second-order valence-corrected chi connectivity index (χ2v) is 4.75. The molecule has 0 aliphatic rings. The molecule has 0 amide bonds. The summed E-state index contributed by atoms with van der Waals surface area (Å²) in [5.41, 5.74) is 0.860. The van der Waals surface area contributed by atoms with Crippen LogP contribution in [0.2, 0.25) is 0 Å². The van der Waals surface area contributed by atoms with E-state index in [0.29, 0.717) is 6.61 Å². The molecule has 0 heterocycles. The Morgan fingerprint density at radius 2 is 1.94 bits per heavy atom. The van der Waals surface area contributed by atoms with Gasteiger partial charge < -0.3 is 4.74 Å². The first-order valence-corrected chi connectivity index (χ1v) is 5.91. The zero-order valence-corrected chi connectivity index (χ0v) is 11.3. The SMILES string of the molecule is CCOC(=O)C(Br)(c1ccccc1)N(C)C. The highest BCUT2D eigenvalue weighted by Gasteiger charge is 2.41. The van der Waals surface area contributed by atoms with Gasteiger partial charge in [-0.1, -0.05) is 30.3 Å². The van der Waals surface area contributed by atoms with Gasteiger partial charge >= 0.3 is 5.97 Å². The lowest BCUT2D eigenvalue weighted by molar-refractivity contribution is -0.150. The Balaban J connectivity index is 3.12. The van der Waals surface area contributed by atoms with Gasteiger partial charge in [-0.15, -0.1) is 0 Å². The largest absolute Gasteiger partial charge is 0.464 e. The zero-order valence-electron chi connectivity index (χ0n) is 9.74. The van der Waals surface area contributed by atoms with E-state index in [1.54, 1.807) is 11.8 Å². The molecule has 1 rings (SSSR count). The number of ether oxygens (including phenoxy) is 1. The summed E-state index contributed by atoms with van der Waals surface area (Å²) in [4.78, 5) is 13.8. The first kappa shape index (κ1) is 13.2. The molecule has 0 aromatic heterocycles. The topological polar surface area (TPSA) is 29.5 Å². The maximum Gasteiger partial charge on any atom is 0.342 e. The molecular formula is C12H16BrNO2. The monoisotopic (exact) mass is 285 g/mol. The molecule has 0 aliphatic heterocycles. The first-order chi connectivity index (χ1) is 7.53. The number of carbonyl (C=O) groups is 1. The average Bonchev–Trinajstić information content (AvgIpc) is 2.29. The predicted molar refractivity (Wildman–Crippen MR) is 67.4 cm³/mol. The molecule has 0 saturated heterocycles. The van der Waals surface area contributed by atoms with Gasteiger partial charge in [0.25, 0.3) is 0 Å². The Hall–Kier alpha value is -0.870. The number of hydrogen-bond donors (Lipinski definition) is 0. The minimum absolute atomic E-state index is 0.300. The second kappa shape index (κ2) is 5.46. The van der Waals surface area contributed by atoms with Crippen molar-refractivity contribution in [3.8, 4) is 0 Å². The number of benzene rings is 1. The number of esters is 1. The number of hydrogen-bond acceptors (Lipinski definition) is 3. The zero-order chi connectivity index (χ0) is 12.2. The summed E-state index contributed by atoms with van der Waals surface area (Å²) < 4.78 is 4.18. The van der Waals surface area contributed by atoms with Crippen LogP contribution in [0.25, 0.3) is 0 Å². The van der Waals surface area contributed by atoms with Crippen molar-refractivity contribution >= 4 is 21.9 Å². The Morgan fingerprint density at radius 1 is 1.38 bits per heavy atom. The van der Waals surface area contributed by atoms with E-state index in [2.05, 4.69) is 15.9 Å². The van der Waals surface area contributed by atoms with Gasteiger partial charge in [-0.2, -0.15) is 0 Å². The lowest BCUT2D eigenvalue weighted by atomic mass is 10.1. The highest BCUT2D eigenvalue weighted by atomic mass is 79.9. The number of likely N-dealkylation sites (N-methyl/N-ethyl adjacent to an activating group) is 1. The third-order valence-corrected chi connectivity index (χ3v) is 3.81. The van der Waals surface area contributed by atoms with E-state index < -0.39 is 4.45 Å². The van der Waals surface area contributed by atoms with Crippen LogP contribution in [0.5, 0.6) is 0 Å². The average molecular weight is 286 g/mol. The molecule has 4 heteroatoms. The minimum Gasteiger partial charge on any atom is -0.464 e. The van der Waals surface area contributed by atoms with Gasteiger partial charge in [0.15, 0.2) is 0 Å². The van der Waals surface area contributed by atoms with E-state index in [4.69, 9.17) is 4.74 Å². The summed E-state index contributed by atoms with van der Waals surface area (Å²) >= 11 is 3.48. The quantitative estimate of drug-likeness (QED) is 0.483. The van der Waals surface area contributed by atoms with Crippen molar-refractivity contribution in [1.29, 1.82) is 0 Å². The van der Waals surface area contributed by atoms with Crippen LogP contribution in [-0.4, -0.2) is 31.6 Å². The number of alkyl halides is 1. The third-order valence-electron chi connectivity index (χ3n) is 2.32. The second-order valence-electron chi connectivity index (χ2n) is 3.60. The molecule has 0 N–H and O–H groups in total. The van der Waals surface area contributed by atoms with E-state index in [9.17, 15) is 4.79 Å². The van der Waals surface area contributed by atoms with E-state index in [0.717, 1.165) is 5.56 Å². The standard InChI is InChI=1S/C12H16BrNO2/c1-4-16-11(15)12(13,14(2)3)10-8-6-5-7-9-10/h5-9H,4H2,1-3H3. The fourth-order valence-corrected chi connectivity index (χ4v) is 1.82. The van der Waals surface area contributed by atoms with Crippen molar-refractivity contribution in [3.05, 3.63) is 35.9 Å². The number of rotatable bonds is 4. The highest BCUT2D eigenvalue weighted by Crippen LogP contribution is 2.34. The van der Waals surface area contributed by atoms with Crippen molar-refractivity contribution < 1.29 is 9.53 Å². The van der Waals surface area contributed by atoms with Crippen LogP contribution in [0, 0.1) is 0 Å². The Kier molecular flexibility index (Phi) is 4.50. The van der Waals surface area contributed by atoms with Crippen molar-refractivity contribution in [2.75, 3.05) is 20.7 Å². The Labute approximate surface area is 105 Å². The van der Waals surface area contributed by atoms with Crippen molar-refractivity contribution in [2.45, 2.75) is 11.4 Å². The molecule has 88 valence electrons. The number of carbonyl (C=O) groups excluding carboxylic acids is 1. The molecular weight excluding hydrogens is 270 g/mol. The Morgan fingerprint density at radius 3 is 2.38 bits per heavy atom. The van der Waals surface area contributed by atoms with E-state index in [-0.39, 0.29) is 5.97 Å². The Bertz CT molecular complexity index is 353. The van der Waals surface area contributed by atoms with Crippen LogP contribution in [0.1, 0.15) is 12.5 Å². The fraction of sp³-hybridized carbons (Fsp3) is 0.417. The van der Waals surface area contributed by atoms with Crippen LogP contribution in [0.3, 0.4) is 0 Å². The summed E-state index contributed by atoms with van der Waals surface area (Å²) in [6.45, 7) is 2.17. The molecule has 0 bridgehead atoms. The lowest BCUT2D eigenvalue weighted by Crippen LogP contribution is -2.44. The molecule has 1 atom stereocenters. The number of nitrogens with zero attached hydrogens (tertiary/aromatic N) is 1. The van der Waals surface area contributed by atoms with E-state index in [1.165, 1.54) is 0 Å². The van der Waals surface area contributed by atoms with Gasteiger partial charge in [-0.05, 0) is 42.5 Å². The smallest absolute Gasteiger partial charge is 0.342 e. The number of halogens is 1. The van der Waals surface area contributed by atoms with Crippen molar-refractivity contribution in [1.82, 2.24) is 4.90 Å². The molecule has 16 heavy (non-hydrogen) atoms. The molecule has 0 saturated carbocycles. The van der Waals surface area contributed by atoms with Gasteiger partial charge in [0.2, 0.25) is 4.45 Å². The van der Waals surface area contributed by atoms with Crippen molar-refractivity contribution in [3.63, 3.8) is 0 Å². The molecule has 0 fully saturated rings. The van der Waals surface area contributed by atoms with Gasteiger partial charge in [-0.3, -0.25) is 4.90 Å². The summed E-state index contributed by atoms with van der Waals surface area (Å²) in [6, 6.07) is 9.50. The minimum atomic E-state index is -0.912. The summed E-state index contributed by atoms with van der Waals surface area (Å²) in [6.07, 6.45) is 0. The van der Waals surface area contributed by atoms with Crippen LogP contribution in [0.15, 0.2) is 30.3 Å². The highest BCUT2D eigenvalue weighted by molar-refractivity contribution is 9.10. The normalized spacial score (nSPS) is 14.6. The summed E-state index contributed by atoms with van der Waals surface area (Å²) in [5.74, 6) is -0.300. The van der Waals surface area contributed by atoms with Crippen molar-refractivity contribution in [2.24, 2.45) is 0 Å². The van der Waals surface area contributed by atoms with Gasteiger partial charge in [0.1, 0.15) is 0 Å². The van der Waals surface area contributed by atoms with Gasteiger partial charge in [-0.25, -0.2) is 4.79 Å². The summed E-state index contributed by atoms with van der Waals surface area (Å²) in [5, 5.41) is 0.